The van der Waals surface area contributed by atoms with Crippen LogP contribution in [0.4, 0.5) is 0 Å². The van der Waals surface area contributed by atoms with Gasteiger partial charge in [0.25, 0.3) is 5.91 Å². The summed E-state index contributed by atoms with van der Waals surface area (Å²) in [5.74, 6) is 0.265. The molecular formula is C18H31NO3. The lowest BCUT2D eigenvalue weighted by atomic mass is 10.1. The smallest absolute Gasteiger partial charge is 0.254 e. The van der Waals surface area contributed by atoms with E-state index in [-0.39, 0.29) is 23.7 Å². The van der Waals surface area contributed by atoms with Crippen LogP contribution in [0.3, 0.4) is 0 Å². The minimum atomic E-state index is -0.0852. The number of hydrogen-bond donors (Lipinski definition) is 1. The van der Waals surface area contributed by atoms with E-state index in [0.717, 1.165) is 0 Å². The highest BCUT2D eigenvalue weighted by atomic mass is 16.5. The topological polar surface area (TPSA) is 49.8 Å². The number of hydrogen-bond acceptors (Lipinski definition) is 3. The second-order valence-corrected chi connectivity index (χ2v) is 5.79. The summed E-state index contributed by atoms with van der Waals surface area (Å²) in [6.07, 6.45) is 2.64. The van der Waals surface area contributed by atoms with E-state index in [1.807, 2.05) is 27.7 Å². The van der Waals surface area contributed by atoms with Gasteiger partial charge in [-0.05, 0) is 45.9 Å². The van der Waals surface area contributed by atoms with Crippen molar-refractivity contribution in [3.05, 3.63) is 23.8 Å². The van der Waals surface area contributed by atoms with Gasteiger partial charge >= 0.3 is 0 Å². The molecule has 0 fully saturated rings. The molecule has 0 spiro atoms. The van der Waals surface area contributed by atoms with Gasteiger partial charge in [0.1, 0.15) is 0 Å². The number of benzene rings is 1. The maximum Gasteiger partial charge on any atom is 0.254 e. The van der Waals surface area contributed by atoms with Crippen LogP contribution in [-0.4, -0.2) is 35.1 Å². The van der Waals surface area contributed by atoms with Crippen LogP contribution < -0.4 is 4.74 Å². The monoisotopic (exact) mass is 309 g/mol. The van der Waals surface area contributed by atoms with Crippen LogP contribution >= 0.6 is 0 Å². The van der Waals surface area contributed by atoms with Crippen LogP contribution in [0.2, 0.25) is 0 Å². The van der Waals surface area contributed by atoms with Gasteiger partial charge in [-0.3, -0.25) is 4.79 Å². The third kappa shape index (κ3) is 5.96. The number of aromatic hydroxyl groups is 1. The van der Waals surface area contributed by atoms with Crippen molar-refractivity contribution >= 4 is 5.91 Å². The molecule has 22 heavy (non-hydrogen) atoms. The molecule has 0 saturated carbocycles. The summed E-state index contributed by atoms with van der Waals surface area (Å²) in [6, 6.07) is 4.93. The number of nitrogens with zero attached hydrogens (tertiary/aromatic N) is 1. The lowest BCUT2D eigenvalue weighted by molar-refractivity contribution is 0.0643. The highest BCUT2D eigenvalue weighted by Gasteiger charge is 2.22. The number of methoxy groups -OCH3 is 1. The normalized spacial score (nSPS) is 10.2. The molecule has 1 rings (SSSR count). The largest absolute Gasteiger partial charge is 0.504 e. The van der Waals surface area contributed by atoms with Gasteiger partial charge in [-0.2, -0.15) is 0 Å². The highest BCUT2D eigenvalue weighted by molar-refractivity contribution is 5.95. The van der Waals surface area contributed by atoms with Gasteiger partial charge in [0.15, 0.2) is 11.5 Å². The van der Waals surface area contributed by atoms with E-state index in [0.29, 0.717) is 11.3 Å². The van der Waals surface area contributed by atoms with Gasteiger partial charge in [0, 0.05) is 17.6 Å². The Bertz CT molecular complexity index is 446. The van der Waals surface area contributed by atoms with Crippen molar-refractivity contribution < 1.29 is 14.6 Å². The maximum absolute atomic E-state index is 12.4. The Morgan fingerprint density at radius 2 is 1.64 bits per heavy atom. The van der Waals surface area contributed by atoms with Crippen LogP contribution in [0.5, 0.6) is 11.5 Å². The van der Waals surface area contributed by atoms with E-state index in [4.69, 9.17) is 4.74 Å². The quantitative estimate of drug-likeness (QED) is 0.873. The third-order valence-corrected chi connectivity index (χ3v) is 3.27. The molecule has 0 saturated heterocycles. The first-order valence-corrected chi connectivity index (χ1v) is 7.99. The van der Waals surface area contributed by atoms with Crippen molar-refractivity contribution in [2.45, 2.75) is 66.5 Å². The number of phenolic OH excluding ortho intramolecular Hbond substituents is 1. The van der Waals surface area contributed by atoms with Gasteiger partial charge in [-0.1, -0.05) is 26.7 Å². The van der Waals surface area contributed by atoms with Crippen molar-refractivity contribution in [3.8, 4) is 11.5 Å². The Hall–Kier alpha value is -1.71. The Labute approximate surface area is 135 Å². The van der Waals surface area contributed by atoms with Crippen LogP contribution in [0, 0.1) is 0 Å². The van der Waals surface area contributed by atoms with Crippen molar-refractivity contribution in [2.75, 3.05) is 7.11 Å². The first-order valence-electron chi connectivity index (χ1n) is 7.99. The van der Waals surface area contributed by atoms with Gasteiger partial charge in [-0.25, -0.2) is 0 Å². The molecule has 0 atom stereocenters. The lowest BCUT2D eigenvalue weighted by Gasteiger charge is -2.30. The Morgan fingerprint density at radius 1 is 1.14 bits per heavy atom. The summed E-state index contributed by atoms with van der Waals surface area (Å²) in [4.78, 5) is 14.1. The van der Waals surface area contributed by atoms with Crippen LogP contribution in [-0.2, 0) is 0 Å². The molecule has 0 unspecified atom stereocenters. The van der Waals surface area contributed by atoms with E-state index in [1.165, 1.54) is 26.0 Å². The van der Waals surface area contributed by atoms with Gasteiger partial charge in [-0.15, -0.1) is 0 Å². The fourth-order valence-electron chi connectivity index (χ4n) is 2.04. The summed E-state index contributed by atoms with van der Waals surface area (Å²) in [5.41, 5.74) is 0.468. The molecule has 1 N–H and O–H groups in total. The first kappa shape index (κ1) is 20.3. The Morgan fingerprint density at radius 3 is 1.95 bits per heavy atom. The summed E-state index contributed by atoms with van der Waals surface area (Å²) in [7, 11) is 1.48. The number of carbonyl (C=O) groups is 1. The average molecular weight is 309 g/mol. The molecule has 4 nitrogen and oxygen atoms in total. The fourth-order valence-corrected chi connectivity index (χ4v) is 2.04. The Balaban J connectivity index is 0.000000980. The van der Waals surface area contributed by atoms with Crippen molar-refractivity contribution in [1.29, 1.82) is 0 Å². The van der Waals surface area contributed by atoms with E-state index in [1.54, 1.807) is 17.0 Å². The molecule has 4 heteroatoms. The molecule has 1 amide bonds. The number of ether oxygens (including phenoxy) is 1. The fraction of sp³-hybridized carbons (Fsp3) is 0.611. The molecule has 0 aliphatic heterocycles. The number of phenols is 1. The zero-order valence-corrected chi connectivity index (χ0v) is 15.0. The van der Waals surface area contributed by atoms with E-state index in [2.05, 4.69) is 13.8 Å². The molecule has 126 valence electrons. The molecular weight excluding hydrogens is 278 g/mol. The van der Waals surface area contributed by atoms with Gasteiger partial charge < -0.3 is 14.7 Å². The van der Waals surface area contributed by atoms with E-state index < -0.39 is 0 Å². The zero-order chi connectivity index (χ0) is 17.3. The van der Waals surface area contributed by atoms with Gasteiger partial charge in [0.05, 0.1) is 7.11 Å². The number of carbonyl (C=O) groups excluding carboxylic acids is 1. The van der Waals surface area contributed by atoms with Crippen LogP contribution in [0.1, 0.15) is 64.7 Å². The molecule has 0 heterocycles. The van der Waals surface area contributed by atoms with Crippen molar-refractivity contribution in [2.24, 2.45) is 0 Å². The average Bonchev–Trinajstić information content (AvgIpc) is 2.46. The van der Waals surface area contributed by atoms with Gasteiger partial charge in [0.2, 0.25) is 0 Å². The molecule has 0 aliphatic carbocycles. The van der Waals surface area contributed by atoms with Crippen LogP contribution in [0.15, 0.2) is 18.2 Å². The lowest BCUT2D eigenvalue weighted by Crippen LogP contribution is -2.42. The Kier molecular flexibility index (Phi) is 9.31. The van der Waals surface area contributed by atoms with Crippen molar-refractivity contribution in [1.82, 2.24) is 4.90 Å². The SMILES string of the molecule is CCCC.COc1ccc(C(=O)N(C(C)C)C(C)C)cc1O. The first-order chi connectivity index (χ1) is 10.3. The second-order valence-electron chi connectivity index (χ2n) is 5.79. The minimum absolute atomic E-state index is 0.0178. The van der Waals surface area contributed by atoms with E-state index >= 15 is 0 Å². The number of unbranched alkanes of at least 4 members (excludes halogenated alkanes) is 1. The summed E-state index contributed by atoms with van der Waals surface area (Å²) in [5, 5.41) is 9.70. The van der Waals surface area contributed by atoms with Crippen LogP contribution in [0.25, 0.3) is 0 Å². The summed E-state index contributed by atoms with van der Waals surface area (Å²) >= 11 is 0. The summed E-state index contributed by atoms with van der Waals surface area (Å²) < 4.78 is 4.96. The maximum atomic E-state index is 12.4. The standard InChI is InChI=1S/C14H21NO3.C4H10/c1-9(2)15(10(3)4)14(17)11-6-7-13(18-5)12(16)8-11;1-3-4-2/h6-10,16H,1-5H3;3-4H2,1-2H3. The molecule has 1 aromatic rings. The predicted octanol–water partition coefficient (Wildman–Crippen LogP) is 4.47. The zero-order valence-electron chi connectivity index (χ0n) is 15.0. The van der Waals surface area contributed by atoms with E-state index in [9.17, 15) is 9.90 Å². The molecule has 1 aromatic carbocycles. The van der Waals surface area contributed by atoms with Crippen molar-refractivity contribution in [3.63, 3.8) is 0 Å². The molecule has 0 radical (unpaired) electrons. The second kappa shape index (κ2) is 10.1. The minimum Gasteiger partial charge on any atom is -0.504 e. The number of rotatable bonds is 5. The molecule has 0 aromatic heterocycles. The number of amides is 1. The highest BCUT2D eigenvalue weighted by Crippen LogP contribution is 2.27. The molecule has 0 aliphatic rings. The summed E-state index contributed by atoms with van der Waals surface area (Å²) in [6.45, 7) is 12.3. The molecule has 0 bridgehead atoms. The predicted molar refractivity (Wildman–Crippen MR) is 91.7 cm³/mol. The third-order valence-electron chi connectivity index (χ3n) is 3.27.